The molecule has 0 aliphatic carbocycles. The molecule has 102 valence electrons. The Morgan fingerprint density at radius 2 is 2.00 bits per heavy atom. The molecule has 0 unspecified atom stereocenters. The summed E-state index contributed by atoms with van der Waals surface area (Å²) in [6.45, 7) is 3.69. The van der Waals surface area contributed by atoms with Gasteiger partial charge in [-0.3, -0.25) is 0 Å². The van der Waals surface area contributed by atoms with E-state index in [-0.39, 0.29) is 11.9 Å². The van der Waals surface area contributed by atoms with E-state index in [0.717, 1.165) is 0 Å². The highest BCUT2D eigenvalue weighted by Gasteiger charge is 2.20. The Morgan fingerprint density at radius 1 is 1.39 bits per heavy atom. The second-order valence-electron chi connectivity index (χ2n) is 3.91. The number of hydrogen-bond donors (Lipinski definition) is 0. The highest BCUT2D eigenvalue weighted by Crippen LogP contribution is 2.38. The van der Waals surface area contributed by atoms with Crippen molar-refractivity contribution in [1.82, 2.24) is 0 Å². The first-order valence-electron chi connectivity index (χ1n) is 5.19. The molecule has 0 N–H and O–H groups in total. The molecule has 0 radical (unpaired) electrons. The Morgan fingerprint density at radius 3 is 2.44 bits per heavy atom. The second kappa shape index (κ2) is 6.12. The van der Waals surface area contributed by atoms with Crippen molar-refractivity contribution in [1.29, 1.82) is 0 Å². The minimum atomic E-state index is -3.68. The predicted molar refractivity (Wildman–Crippen MR) is 74.9 cm³/mol. The average molecular weight is 358 g/mol. The zero-order valence-electron chi connectivity index (χ0n) is 10.2. The van der Waals surface area contributed by atoms with Crippen molar-refractivity contribution in [3.8, 4) is 11.5 Å². The van der Waals surface area contributed by atoms with Gasteiger partial charge in [-0.1, -0.05) is 15.9 Å². The normalized spacial score (nSPS) is 11.7. The van der Waals surface area contributed by atoms with Crippen LogP contribution in [0.5, 0.6) is 11.5 Å². The molecule has 1 rings (SSSR count). The van der Waals surface area contributed by atoms with Gasteiger partial charge in [0.25, 0.3) is 0 Å². The maximum atomic E-state index is 11.2. The van der Waals surface area contributed by atoms with Crippen LogP contribution in [0, 0.1) is 0 Å². The second-order valence-corrected chi connectivity index (χ2v) is 7.54. The molecule has 0 atom stereocenters. The van der Waals surface area contributed by atoms with E-state index in [2.05, 4.69) is 15.9 Å². The van der Waals surface area contributed by atoms with Crippen molar-refractivity contribution in [3.05, 3.63) is 22.2 Å². The monoisotopic (exact) mass is 356 g/mol. The molecule has 0 heterocycles. The lowest BCUT2D eigenvalue weighted by molar-refractivity contribution is 0.228. The quantitative estimate of drug-likeness (QED) is 0.759. The number of benzene rings is 1. The first kappa shape index (κ1) is 15.6. The summed E-state index contributed by atoms with van der Waals surface area (Å²) in [5.74, 6) is 0.544. The summed E-state index contributed by atoms with van der Waals surface area (Å²) in [5.41, 5.74) is 0.457. The van der Waals surface area contributed by atoms with E-state index in [0.29, 0.717) is 21.5 Å². The summed E-state index contributed by atoms with van der Waals surface area (Å²) < 4.78 is 33.9. The van der Waals surface area contributed by atoms with E-state index < -0.39 is 9.05 Å². The van der Waals surface area contributed by atoms with Crippen LogP contribution in [-0.2, 0) is 14.8 Å². The van der Waals surface area contributed by atoms with Gasteiger partial charge in [-0.05, 0) is 26.0 Å². The van der Waals surface area contributed by atoms with E-state index >= 15 is 0 Å². The Balaban J connectivity index is 3.35. The first-order chi connectivity index (χ1) is 8.24. The first-order valence-corrected chi connectivity index (χ1v) is 8.46. The van der Waals surface area contributed by atoms with Crippen molar-refractivity contribution in [2.24, 2.45) is 0 Å². The minimum absolute atomic E-state index is 0.107. The molecule has 7 heteroatoms. The van der Waals surface area contributed by atoms with Gasteiger partial charge in [0, 0.05) is 20.7 Å². The Kier molecular flexibility index (Phi) is 5.31. The summed E-state index contributed by atoms with van der Waals surface area (Å²) in [7, 11) is 3.12. The summed E-state index contributed by atoms with van der Waals surface area (Å²) in [6, 6.07) is 3.40. The number of hydrogen-bond acceptors (Lipinski definition) is 4. The van der Waals surface area contributed by atoms with Crippen LogP contribution < -0.4 is 9.47 Å². The fourth-order valence-electron chi connectivity index (χ4n) is 1.41. The van der Waals surface area contributed by atoms with E-state index in [1.165, 1.54) is 7.11 Å². The molecule has 0 amide bonds. The smallest absolute Gasteiger partial charge is 0.236 e. The lowest BCUT2D eigenvalue weighted by Gasteiger charge is -2.18. The van der Waals surface area contributed by atoms with Crippen molar-refractivity contribution in [2.75, 3.05) is 7.11 Å². The molecular weight excluding hydrogens is 344 g/mol. The standard InChI is InChI=1S/C11H14BrClO4S/c1-7(2)17-11-8(6-18(13,14)15)9(12)4-5-10(11)16-3/h4-5,7H,6H2,1-3H3. The Hall–Kier alpha value is -0.460. The molecule has 0 fully saturated rings. The van der Waals surface area contributed by atoms with Crippen LogP contribution in [-0.4, -0.2) is 21.6 Å². The third kappa shape index (κ3) is 4.33. The molecule has 18 heavy (non-hydrogen) atoms. The highest BCUT2D eigenvalue weighted by molar-refractivity contribution is 9.10. The minimum Gasteiger partial charge on any atom is -0.493 e. The van der Waals surface area contributed by atoms with Crippen LogP contribution in [0.3, 0.4) is 0 Å². The molecule has 1 aromatic rings. The fourth-order valence-corrected chi connectivity index (χ4v) is 3.01. The van der Waals surface area contributed by atoms with Gasteiger partial charge in [0.05, 0.1) is 19.0 Å². The summed E-state index contributed by atoms with van der Waals surface area (Å²) >= 11 is 3.29. The van der Waals surface area contributed by atoms with E-state index in [1.54, 1.807) is 12.1 Å². The van der Waals surface area contributed by atoms with Crippen LogP contribution in [0.4, 0.5) is 0 Å². The van der Waals surface area contributed by atoms with E-state index in [9.17, 15) is 8.42 Å². The SMILES string of the molecule is COc1ccc(Br)c(CS(=O)(=O)Cl)c1OC(C)C. The van der Waals surface area contributed by atoms with Gasteiger partial charge in [-0.2, -0.15) is 0 Å². The molecule has 0 bridgehead atoms. The van der Waals surface area contributed by atoms with Crippen LogP contribution in [0.1, 0.15) is 19.4 Å². The van der Waals surface area contributed by atoms with E-state index in [1.807, 2.05) is 13.8 Å². The van der Waals surface area contributed by atoms with Gasteiger partial charge in [0.2, 0.25) is 9.05 Å². The molecule has 0 aliphatic rings. The molecule has 0 spiro atoms. The number of rotatable bonds is 5. The van der Waals surface area contributed by atoms with Crippen LogP contribution >= 0.6 is 26.6 Å². The van der Waals surface area contributed by atoms with Crippen LogP contribution in [0.25, 0.3) is 0 Å². The van der Waals surface area contributed by atoms with Gasteiger partial charge in [-0.25, -0.2) is 8.42 Å². The largest absolute Gasteiger partial charge is 0.493 e. The van der Waals surface area contributed by atoms with Gasteiger partial charge in [-0.15, -0.1) is 0 Å². The van der Waals surface area contributed by atoms with Crippen LogP contribution in [0.15, 0.2) is 16.6 Å². The topological polar surface area (TPSA) is 52.6 Å². The maximum Gasteiger partial charge on any atom is 0.236 e. The van der Waals surface area contributed by atoms with Crippen LogP contribution in [0.2, 0.25) is 0 Å². The highest BCUT2D eigenvalue weighted by atomic mass is 79.9. The number of halogens is 2. The zero-order valence-corrected chi connectivity index (χ0v) is 13.4. The molecular formula is C11H14BrClO4S. The lowest BCUT2D eigenvalue weighted by Crippen LogP contribution is -2.10. The van der Waals surface area contributed by atoms with E-state index in [4.69, 9.17) is 20.2 Å². The summed E-state index contributed by atoms with van der Waals surface area (Å²) in [5, 5.41) is 0. The van der Waals surface area contributed by atoms with Crippen molar-refractivity contribution >= 4 is 35.7 Å². The summed E-state index contributed by atoms with van der Waals surface area (Å²) in [4.78, 5) is 0. The third-order valence-electron chi connectivity index (χ3n) is 2.06. The zero-order chi connectivity index (χ0) is 13.9. The van der Waals surface area contributed by atoms with Gasteiger partial charge >= 0.3 is 0 Å². The molecule has 0 saturated carbocycles. The van der Waals surface area contributed by atoms with Gasteiger partial charge in [0.1, 0.15) is 0 Å². The average Bonchev–Trinajstić information content (AvgIpc) is 2.21. The number of ether oxygens (including phenoxy) is 2. The third-order valence-corrected chi connectivity index (χ3v) is 3.76. The van der Waals surface area contributed by atoms with Crippen molar-refractivity contribution in [2.45, 2.75) is 25.7 Å². The Bertz CT molecular complexity index is 528. The fraction of sp³-hybridized carbons (Fsp3) is 0.455. The van der Waals surface area contributed by atoms with Gasteiger partial charge < -0.3 is 9.47 Å². The van der Waals surface area contributed by atoms with Gasteiger partial charge in [0.15, 0.2) is 11.5 Å². The molecule has 1 aromatic carbocycles. The van der Waals surface area contributed by atoms with Crippen molar-refractivity contribution < 1.29 is 17.9 Å². The molecule has 0 saturated heterocycles. The Labute approximate surface area is 120 Å². The molecule has 0 aliphatic heterocycles. The maximum absolute atomic E-state index is 11.2. The van der Waals surface area contributed by atoms with Crippen molar-refractivity contribution in [3.63, 3.8) is 0 Å². The number of methoxy groups -OCH3 is 1. The molecule has 4 nitrogen and oxygen atoms in total. The lowest BCUT2D eigenvalue weighted by atomic mass is 10.2. The molecule has 0 aromatic heterocycles. The summed E-state index contributed by atoms with van der Waals surface area (Å²) in [6.07, 6.45) is -0.107. The predicted octanol–water partition coefficient (Wildman–Crippen LogP) is 3.31.